The fourth-order valence-corrected chi connectivity index (χ4v) is 1.94. The average Bonchev–Trinajstić information content (AvgIpc) is 2.57. The molecule has 0 spiro atoms. The maximum atomic E-state index is 11.5. The fourth-order valence-electron chi connectivity index (χ4n) is 1.75. The molecular formula is C11H10ClNO3. The molecule has 0 radical (unpaired) electrons. The number of Topliss-reactive ketones (excluding diaryl/α,β-unsaturated/α-hetero) is 1. The van der Waals surface area contributed by atoms with Crippen LogP contribution in [0.2, 0.25) is 5.02 Å². The number of aliphatic hydroxyl groups excluding tert-OH is 1. The van der Waals surface area contributed by atoms with Crippen LogP contribution in [-0.4, -0.2) is 23.3 Å². The van der Waals surface area contributed by atoms with Gasteiger partial charge in [-0.1, -0.05) is 11.6 Å². The molecule has 1 aromatic rings. The van der Waals surface area contributed by atoms with E-state index >= 15 is 0 Å². The number of halogens is 1. The molecule has 4 nitrogen and oxygen atoms in total. The highest BCUT2D eigenvalue weighted by Gasteiger charge is 2.29. The van der Waals surface area contributed by atoms with Gasteiger partial charge in [-0.2, -0.15) is 0 Å². The van der Waals surface area contributed by atoms with E-state index in [4.69, 9.17) is 11.6 Å². The van der Waals surface area contributed by atoms with Gasteiger partial charge in [0.1, 0.15) is 0 Å². The van der Waals surface area contributed by atoms with Crippen molar-refractivity contribution in [3.8, 4) is 0 Å². The van der Waals surface area contributed by atoms with Crippen molar-refractivity contribution in [2.24, 2.45) is 0 Å². The van der Waals surface area contributed by atoms with Crippen molar-refractivity contribution in [1.29, 1.82) is 0 Å². The van der Waals surface area contributed by atoms with Crippen molar-refractivity contribution < 1.29 is 14.7 Å². The number of carbonyl (C=O) groups is 2. The first kappa shape index (κ1) is 11.1. The molecule has 1 aliphatic rings. The lowest BCUT2D eigenvalue weighted by Crippen LogP contribution is -2.25. The highest BCUT2D eigenvalue weighted by Crippen LogP contribution is 2.27. The molecular weight excluding hydrogens is 230 g/mol. The zero-order valence-corrected chi connectivity index (χ0v) is 9.20. The Labute approximate surface area is 97.4 Å². The summed E-state index contributed by atoms with van der Waals surface area (Å²) in [5.41, 5.74) is 1.11. The normalized spacial score (nSPS) is 16.0. The minimum atomic E-state index is -0.234. The summed E-state index contributed by atoms with van der Waals surface area (Å²) >= 11 is 5.79. The zero-order valence-electron chi connectivity index (χ0n) is 8.44. The monoisotopic (exact) mass is 239 g/mol. The molecule has 2 rings (SSSR count). The number of rotatable bonds is 2. The van der Waals surface area contributed by atoms with Crippen molar-refractivity contribution in [3.63, 3.8) is 0 Å². The van der Waals surface area contributed by atoms with Crippen LogP contribution in [0.25, 0.3) is 0 Å². The fraction of sp³-hybridized carbons (Fsp3) is 0.273. The second-order valence-corrected chi connectivity index (χ2v) is 4.06. The molecule has 0 atom stereocenters. The second kappa shape index (κ2) is 4.23. The molecule has 1 amide bonds. The Hall–Kier alpha value is -1.39. The molecule has 0 aliphatic carbocycles. The molecule has 1 saturated heterocycles. The number of anilines is 1. The predicted molar refractivity (Wildman–Crippen MR) is 59.4 cm³/mol. The summed E-state index contributed by atoms with van der Waals surface area (Å²) in [6.07, 6.45) is -0.0620. The van der Waals surface area contributed by atoms with E-state index in [0.717, 1.165) is 0 Å². The Morgan fingerprint density at radius 3 is 2.69 bits per heavy atom. The first-order valence-electron chi connectivity index (χ1n) is 4.83. The smallest absolute Gasteiger partial charge is 0.234 e. The van der Waals surface area contributed by atoms with Crippen molar-refractivity contribution in [2.45, 2.75) is 13.0 Å². The topological polar surface area (TPSA) is 57.6 Å². The minimum Gasteiger partial charge on any atom is -0.392 e. The molecule has 0 unspecified atom stereocenters. The lowest BCUT2D eigenvalue weighted by molar-refractivity contribution is -0.121. The van der Waals surface area contributed by atoms with Gasteiger partial charge in [-0.25, -0.2) is 0 Å². The summed E-state index contributed by atoms with van der Waals surface area (Å²) in [5, 5.41) is 9.67. The summed E-state index contributed by atoms with van der Waals surface area (Å²) in [5.74, 6) is -0.342. The summed E-state index contributed by atoms with van der Waals surface area (Å²) in [4.78, 5) is 24.1. The molecule has 0 aromatic heterocycles. The van der Waals surface area contributed by atoms with Gasteiger partial charge in [-0.15, -0.1) is 0 Å². The maximum Gasteiger partial charge on any atom is 0.234 e. The number of nitrogens with zero attached hydrogens (tertiary/aromatic N) is 1. The molecule has 16 heavy (non-hydrogen) atoms. The van der Waals surface area contributed by atoms with Gasteiger partial charge in [-0.05, 0) is 18.2 Å². The third-order valence-corrected chi connectivity index (χ3v) is 2.72. The zero-order chi connectivity index (χ0) is 11.7. The van der Waals surface area contributed by atoms with E-state index in [9.17, 15) is 14.7 Å². The van der Waals surface area contributed by atoms with Crippen molar-refractivity contribution in [3.05, 3.63) is 28.8 Å². The van der Waals surface area contributed by atoms with Crippen LogP contribution in [-0.2, 0) is 16.2 Å². The highest BCUT2D eigenvalue weighted by molar-refractivity contribution is 6.30. The standard InChI is InChI=1S/C11H10ClNO3/c12-8-1-2-10(7(3-8)6-14)13-5-9(15)4-11(13)16/h1-3,14H,4-6H2. The van der Waals surface area contributed by atoms with E-state index in [1.807, 2.05) is 0 Å². The molecule has 1 heterocycles. The number of carbonyl (C=O) groups excluding carboxylic acids is 2. The molecule has 1 fully saturated rings. The molecule has 84 valence electrons. The molecule has 5 heteroatoms. The Balaban J connectivity index is 2.40. The van der Waals surface area contributed by atoms with Crippen LogP contribution >= 0.6 is 11.6 Å². The molecule has 1 aromatic carbocycles. The molecule has 1 aliphatic heterocycles. The van der Waals surface area contributed by atoms with Gasteiger partial charge in [0.15, 0.2) is 5.78 Å². The first-order chi connectivity index (χ1) is 7.61. The van der Waals surface area contributed by atoms with Gasteiger partial charge < -0.3 is 10.0 Å². The number of ketones is 1. The van der Waals surface area contributed by atoms with Crippen LogP contribution in [0.4, 0.5) is 5.69 Å². The van der Waals surface area contributed by atoms with Crippen LogP contribution in [0.5, 0.6) is 0 Å². The molecule has 1 N–H and O–H groups in total. The van der Waals surface area contributed by atoms with Gasteiger partial charge in [0.25, 0.3) is 0 Å². The van der Waals surface area contributed by atoms with E-state index in [0.29, 0.717) is 16.3 Å². The van der Waals surface area contributed by atoms with Crippen LogP contribution in [0.1, 0.15) is 12.0 Å². The first-order valence-corrected chi connectivity index (χ1v) is 5.21. The summed E-state index contributed by atoms with van der Waals surface area (Å²) in [6, 6.07) is 4.86. The van der Waals surface area contributed by atoms with Gasteiger partial charge in [0, 0.05) is 16.3 Å². The van der Waals surface area contributed by atoms with E-state index in [-0.39, 0.29) is 31.3 Å². The van der Waals surface area contributed by atoms with Crippen molar-refractivity contribution >= 4 is 29.0 Å². The number of amides is 1. The quantitative estimate of drug-likeness (QED) is 0.788. The largest absolute Gasteiger partial charge is 0.392 e. The molecule has 0 bridgehead atoms. The van der Waals surface area contributed by atoms with Gasteiger partial charge in [0.2, 0.25) is 5.91 Å². The van der Waals surface area contributed by atoms with Gasteiger partial charge in [-0.3, -0.25) is 9.59 Å². The number of hydrogen-bond donors (Lipinski definition) is 1. The lowest BCUT2D eigenvalue weighted by atomic mass is 10.1. The van der Waals surface area contributed by atoms with Crippen molar-refractivity contribution in [1.82, 2.24) is 0 Å². The number of aliphatic hydroxyl groups is 1. The van der Waals surface area contributed by atoms with Crippen LogP contribution in [0.15, 0.2) is 18.2 Å². The van der Waals surface area contributed by atoms with E-state index in [2.05, 4.69) is 0 Å². The van der Waals surface area contributed by atoms with Gasteiger partial charge >= 0.3 is 0 Å². The Morgan fingerprint density at radius 1 is 1.38 bits per heavy atom. The maximum absolute atomic E-state index is 11.5. The average molecular weight is 240 g/mol. The Kier molecular flexibility index (Phi) is 2.94. The number of benzene rings is 1. The van der Waals surface area contributed by atoms with Crippen LogP contribution in [0, 0.1) is 0 Å². The summed E-state index contributed by atoms with van der Waals surface area (Å²) in [7, 11) is 0. The van der Waals surface area contributed by atoms with E-state index in [1.165, 1.54) is 4.90 Å². The number of hydrogen-bond acceptors (Lipinski definition) is 3. The lowest BCUT2D eigenvalue weighted by Gasteiger charge is -2.18. The summed E-state index contributed by atoms with van der Waals surface area (Å²) in [6.45, 7) is -0.138. The van der Waals surface area contributed by atoms with Crippen LogP contribution < -0.4 is 4.90 Å². The summed E-state index contributed by atoms with van der Waals surface area (Å²) < 4.78 is 0. The second-order valence-electron chi connectivity index (χ2n) is 3.63. The van der Waals surface area contributed by atoms with Crippen molar-refractivity contribution in [2.75, 3.05) is 11.4 Å². The predicted octanol–water partition coefficient (Wildman–Crippen LogP) is 1.14. The van der Waals surface area contributed by atoms with Crippen LogP contribution in [0.3, 0.4) is 0 Å². The SMILES string of the molecule is O=C1CC(=O)N(c2ccc(Cl)cc2CO)C1. The Morgan fingerprint density at radius 2 is 2.12 bits per heavy atom. The highest BCUT2D eigenvalue weighted by atomic mass is 35.5. The van der Waals surface area contributed by atoms with E-state index < -0.39 is 0 Å². The third kappa shape index (κ3) is 1.94. The minimum absolute atomic E-state index is 0.0620. The molecule has 0 saturated carbocycles. The third-order valence-electron chi connectivity index (χ3n) is 2.49. The Bertz CT molecular complexity index is 459. The van der Waals surface area contributed by atoms with Gasteiger partial charge in [0.05, 0.1) is 19.6 Å². The van der Waals surface area contributed by atoms with E-state index in [1.54, 1.807) is 18.2 Å².